The Hall–Kier alpha value is -2.39. The molecule has 27 heavy (non-hydrogen) atoms. The van der Waals surface area contributed by atoms with Crippen LogP contribution in [0.4, 0.5) is 4.79 Å². The topological polar surface area (TPSA) is 98.8 Å². The lowest BCUT2D eigenvalue weighted by Gasteiger charge is -2.19. The van der Waals surface area contributed by atoms with Gasteiger partial charge in [-0.25, -0.2) is 18.0 Å². The number of esters is 1. The number of hydrogen-bond donors (Lipinski definition) is 1. The molecule has 1 aromatic carbocycles. The Kier molecular flexibility index (Phi) is 6.27. The number of alkyl carbamates (subject to hydrolysis) is 1. The fourth-order valence-corrected chi connectivity index (χ4v) is 4.77. The second-order valence-corrected chi connectivity index (χ2v) is 9.94. The van der Waals surface area contributed by atoms with E-state index < -0.39 is 27.5 Å². The normalized spacial score (nSPS) is 11.7. The lowest BCUT2D eigenvalue weighted by molar-refractivity contribution is 0.0523. The SMILES string of the molecule is COC(=O)c1ccc(S(=O)(=O)c2ccc(CNC(=O)OC(C)(C)C)s2)cc1. The summed E-state index contributed by atoms with van der Waals surface area (Å²) in [4.78, 5) is 23.9. The van der Waals surface area contributed by atoms with Gasteiger partial charge in [-0.3, -0.25) is 0 Å². The van der Waals surface area contributed by atoms with Crippen LogP contribution in [0.2, 0.25) is 0 Å². The second-order valence-electron chi connectivity index (χ2n) is 6.60. The monoisotopic (exact) mass is 411 g/mol. The molecule has 146 valence electrons. The number of benzene rings is 1. The van der Waals surface area contributed by atoms with Gasteiger partial charge in [0.2, 0.25) is 9.84 Å². The van der Waals surface area contributed by atoms with Gasteiger partial charge in [0.15, 0.2) is 0 Å². The molecule has 0 spiro atoms. The van der Waals surface area contributed by atoms with Gasteiger partial charge in [0.05, 0.1) is 24.1 Å². The molecule has 1 heterocycles. The highest BCUT2D eigenvalue weighted by molar-refractivity contribution is 7.93. The van der Waals surface area contributed by atoms with Crippen molar-refractivity contribution in [3.05, 3.63) is 46.8 Å². The van der Waals surface area contributed by atoms with Crippen LogP contribution in [0.1, 0.15) is 36.0 Å². The Morgan fingerprint density at radius 2 is 1.70 bits per heavy atom. The lowest BCUT2D eigenvalue weighted by atomic mass is 10.2. The van der Waals surface area contributed by atoms with E-state index in [-0.39, 0.29) is 21.2 Å². The summed E-state index contributed by atoms with van der Waals surface area (Å²) in [5.74, 6) is -0.537. The maximum Gasteiger partial charge on any atom is 0.407 e. The number of nitrogens with one attached hydrogen (secondary N) is 1. The molecule has 0 saturated carbocycles. The molecule has 0 radical (unpaired) electrons. The minimum absolute atomic E-state index is 0.0728. The Balaban J connectivity index is 2.10. The summed E-state index contributed by atoms with van der Waals surface area (Å²) in [5, 5.41) is 2.59. The van der Waals surface area contributed by atoms with Crippen molar-refractivity contribution in [1.29, 1.82) is 0 Å². The molecule has 2 rings (SSSR count). The van der Waals surface area contributed by atoms with E-state index in [1.807, 2.05) is 0 Å². The molecular formula is C18H21NO6S2. The number of methoxy groups -OCH3 is 1. The molecule has 0 saturated heterocycles. The molecule has 0 aliphatic carbocycles. The van der Waals surface area contributed by atoms with E-state index in [4.69, 9.17) is 4.74 Å². The zero-order chi connectivity index (χ0) is 20.2. The van der Waals surface area contributed by atoms with Gasteiger partial charge in [-0.15, -0.1) is 11.3 Å². The van der Waals surface area contributed by atoms with Crippen LogP contribution in [0.5, 0.6) is 0 Å². The number of carbonyl (C=O) groups excluding carboxylic acids is 2. The van der Waals surface area contributed by atoms with Crippen LogP contribution < -0.4 is 5.32 Å². The van der Waals surface area contributed by atoms with E-state index >= 15 is 0 Å². The van der Waals surface area contributed by atoms with E-state index in [0.29, 0.717) is 4.88 Å². The van der Waals surface area contributed by atoms with Crippen molar-refractivity contribution in [3.63, 3.8) is 0 Å². The van der Waals surface area contributed by atoms with Gasteiger partial charge in [0.25, 0.3) is 0 Å². The summed E-state index contributed by atoms with van der Waals surface area (Å²) in [6.07, 6.45) is -0.571. The van der Waals surface area contributed by atoms with Crippen LogP contribution in [0, 0.1) is 0 Å². The number of sulfone groups is 1. The molecule has 0 fully saturated rings. The number of rotatable bonds is 5. The first-order chi connectivity index (χ1) is 12.5. The van der Waals surface area contributed by atoms with Gasteiger partial charge < -0.3 is 14.8 Å². The third kappa shape index (κ3) is 5.54. The van der Waals surface area contributed by atoms with E-state index in [0.717, 1.165) is 11.3 Å². The van der Waals surface area contributed by atoms with Crippen LogP contribution in [-0.4, -0.2) is 33.2 Å². The van der Waals surface area contributed by atoms with Gasteiger partial charge in [-0.2, -0.15) is 0 Å². The molecule has 7 nitrogen and oxygen atoms in total. The lowest BCUT2D eigenvalue weighted by Crippen LogP contribution is -2.31. The van der Waals surface area contributed by atoms with E-state index in [9.17, 15) is 18.0 Å². The average molecular weight is 412 g/mol. The maximum atomic E-state index is 12.7. The van der Waals surface area contributed by atoms with Crippen LogP contribution in [0.15, 0.2) is 45.5 Å². The standard InChI is InChI=1S/C18H21NO6S2/c1-18(2,3)25-17(21)19-11-13-7-10-15(26-13)27(22,23)14-8-5-12(6-9-14)16(20)24-4/h5-10H,11H2,1-4H3,(H,19,21). The summed E-state index contributed by atoms with van der Waals surface area (Å²) >= 11 is 1.06. The zero-order valence-corrected chi connectivity index (χ0v) is 17.1. The Morgan fingerprint density at radius 3 is 2.26 bits per heavy atom. The summed E-state index contributed by atoms with van der Waals surface area (Å²) in [7, 11) is -2.46. The average Bonchev–Trinajstić information content (AvgIpc) is 3.08. The van der Waals surface area contributed by atoms with Gasteiger partial charge in [-0.1, -0.05) is 0 Å². The number of carbonyl (C=O) groups is 2. The van der Waals surface area contributed by atoms with Gasteiger partial charge in [0.1, 0.15) is 9.81 Å². The highest BCUT2D eigenvalue weighted by Gasteiger charge is 2.21. The third-order valence-electron chi connectivity index (χ3n) is 3.29. The van der Waals surface area contributed by atoms with Crippen molar-refractivity contribution < 1.29 is 27.5 Å². The Morgan fingerprint density at radius 1 is 1.07 bits per heavy atom. The van der Waals surface area contributed by atoms with Crippen LogP contribution >= 0.6 is 11.3 Å². The largest absolute Gasteiger partial charge is 0.465 e. The first kappa shape index (κ1) is 20.9. The summed E-state index contributed by atoms with van der Waals surface area (Å²) < 4.78 is 35.3. The van der Waals surface area contributed by atoms with Crippen molar-refractivity contribution in [2.75, 3.05) is 7.11 Å². The molecule has 9 heteroatoms. The molecule has 1 amide bonds. The molecule has 0 atom stereocenters. The molecule has 1 aromatic heterocycles. The van der Waals surface area contributed by atoms with Gasteiger partial charge in [0, 0.05) is 4.88 Å². The fraction of sp³-hybridized carbons (Fsp3) is 0.333. The molecule has 0 aliphatic heterocycles. The first-order valence-corrected chi connectivity index (χ1v) is 10.3. The van der Waals surface area contributed by atoms with Crippen LogP contribution in [-0.2, 0) is 25.9 Å². The first-order valence-electron chi connectivity index (χ1n) is 8.02. The number of ether oxygens (including phenoxy) is 2. The van der Waals surface area contributed by atoms with Crippen molar-refractivity contribution in [2.24, 2.45) is 0 Å². The molecule has 0 aliphatic rings. The van der Waals surface area contributed by atoms with E-state index in [1.54, 1.807) is 26.8 Å². The molecule has 0 bridgehead atoms. The van der Waals surface area contributed by atoms with Crippen molar-refractivity contribution in [3.8, 4) is 0 Å². The third-order valence-corrected chi connectivity index (χ3v) is 6.64. The summed E-state index contributed by atoms with van der Waals surface area (Å²) in [6, 6.07) is 8.65. The number of hydrogen-bond acceptors (Lipinski definition) is 7. The Labute approximate surface area is 162 Å². The van der Waals surface area contributed by atoms with E-state index in [1.165, 1.54) is 37.4 Å². The molecule has 1 N–H and O–H groups in total. The zero-order valence-electron chi connectivity index (χ0n) is 15.4. The quantitative estimate of drug-likeness (QED) is 0.757. The molecule has 2 aromatic rings. The minimum Gasteiger partial charge on any atom is -0.465 e. The van der Waals surface area contributed by atoms with Gasteiger partial charge in [-0.05, 0) is 57.2 Å². The summed E-state index contributed by atoms with van der Waals surface area (Å²) in [6.45, 7) is 5.44. The maximum absolute atomic E-state index is 12.7. The Bertz CT molecular complexity index is 924. The summed E-state index contributed by atoms with van der Waals surface area (Å²) in [5.41, 5.74) is -0.338. The smallest absolute Gasteiger partial charge is 0.407 e. The van der Waals surface area contributed by atoms with Crippen LogP contribution in [0.25, 0.3) is 0 Å². The van der Waals surface area contributed by atoms with Crippen LogP contribution in [0.3, 0.4) is 0 Å². The number of amides is 1. The highest BCUT2D eigenvalue weighted by atomic mass is 32.2. The predicted molar refractivity (Wildman–Crippen MR) is 101 cm³/mol. The minimum atomic E-state index is -3.71. The van der Waals surface area contributed by atoms with Crippen molar-refractivity contribution in [2.45, 2.75) is 42.0 Å². The van der Waals surface area contributed by atoms with Crippen molar-refractivity contribution in [1.82, 2.24) is 5.32 Å². The number of thiophene rings is 1. The predicted octanol–water partition coefficient (Wildman–Crippen LogP) is 3.39. The molecular weight excluding hydrogens is 390 g/mol. The highest BCUT2D eigenvalue weighted by Crippen LogP contribution is 2.28. The fourth-order valence-electron chi connectivity index (χ4n) is 2.08. The van der Waals surface area contributed by atoms with E-state index in [2.05, 4.69) is 10.1 Å². The van der Waals surface area contributed by atoms with Crippen molar-refractivity contribution >= 4 is 33.2 Å². The second kappa shape index (κ2) is 8.10. The van der Waals surface area contributed by atoms with Gasteiger partial charge >= 0.3 is 12.1 Å². The molecule has 0 unspecified atom stereocenters.